The molecule has 2 nitrogen and oxygen atoms in total. The van der Waals surface area contributed by atoms with Crippen molar-refractivity contribution in [1.82, 2.24) is 0 Å². The van der Waals surface area contributed by atoms with Crippen molar-refractivity contribution in [1.29, 1.82) is 5.26 Å². The van der Waals surface area contributed by atoms with E-state index in [-0.39, 0.29) is 16.1 Å². The summed E-state index contributed by atoms with van der Waals surface area (Å²) in [6.07, 6.45) is -3.46. The molecule has 18 heavy (non-hydrogen) atoms. The van der Waals surface area contributed by atoms with Crippen molar-refractivity contribution in [2.24, 2.45) is 5.73 Å². The quantitative estimate of drug-likeness (QED) is 0.515. The third kappa shape index (κ3) is 3.45. The number of hydrogen-bond donors (Lipinski definition) is 1. The fraction of sp³-hybridized carbons (Fsp3) is 0.0909. The number of halogens is 4. The second kappa shape index (κ2) is 5.38. The molecule has 0 spiro atoms. The van der Waals surface area contributed by atoms with Crippen LogP contribution in [-0.2, 0) is 6.18 Å². The lowest BCUT2D eigenvalue weighted by Gasteiger charge is -2.10. The Bertz CT molecular complexity index is 558. The minimum atomic E-state index is -4.59. The normalized spacial score (nSPS) is 12.1. The molecular formula is C11H6ClF3N2S. The van der Waals surface area contributed by atoms with Gasteiger partial charge in [0.25, 0.3) is 0 Å². The summed E-state index contributed by atoms with van der Waals surface area (Å²) in [5.41, 5.74) is 4.21. The van der Waals surface area contributed by atoms with E-state index >= 15 is 0 Å². The molecule has 0 amide bonds. The Hall–Kier alpha value is -1.58. The lowest BCUT2D eigenvalue weighted by Crippen LogP contribution is -2.07. The Morgan fingerprint density at radius 2 is 2.06 bits per heavy atom. The number of nitrogens with zero attached hydrogens (tertiary/aromatic N) is 1. The molecule has 2 N–H and O–H groups in total. The van der Waals surface area contributed by atoms with Gasteiger partial charge in [0.1, 0.15) is 0 Å². The predicted molar refractivity (Wildman–Crippen MR) is 66.8 cm³/mol. The number of nitriles is 1. The first kappa shape index (κ1) is 14.5. The van der Waals surface area contributed by atoms with Gasteiger partial charge in [-0.15, -0.1) is 0 Å². The van der Waals surface area contributed by atoms with Gasteiger partial charge >= 0.3 is 6.18 Å². The third-order valence-electron chi connectivity index (χ3n) is 1.99. The molecule has 0 heterocycles. The Kier molecular flexibility index (Phi) is 4.33. The van der Waals surface area contributed by atoms with E-state index in [1.807, 2.05) is 0 Å². The molecule has 1 aromatic carbocycles. The van der Waals surface area contributed by atoms with E-state index in [9.17, 15) is 13.2 Å². The number of nitrogens with two attached hydrogens (primary N) is 1. The van der Waals surface area contributed by atoms with Crippen LogP contribution in [0.2, 0.25) is 5.02 Å². The molecule has 0 atom stereocenters. The highest BCUT2D eigenvalue weighted by Crippen LogP contribution is 2.36. The molecule has 0 unspecified atom stereocenters. The fourth-order valence-electron chi connectivity index (χ4n) is 1.23. The van der Waals surface area contributed by atoms with Crippen molar-refractivity contribution >= 4 is 34.4 Å². The number of rotatable bonds is 2. The molecule has 0 saturated carbocycles. The molecule has 1 rings (SSSR count). The van der Waals surface area contributed by atoms with Gasteiger partial charge in [-0.2, -0.15) is 18.4 Å². The van der Waals surface area contributed by atoms with Gasteiger partial charge in [0.2, 0.25) is 0 Å². The summed E-state index contributed by atoms with van der Waals surface area (Å²) in [7, 11) is 0. The van der Waals surface area contributed by atoms with Crippen LogP contribution in [0.4, 0.5) is 13.2 Å². The zero-order valence-electron chi connectivity index (χ0n) is 8.75. The van der Waals surface area contributed by atoms with Gasteiger partial charge in [0.15, 0.2) is 0 Å². The molecule has 7 heteroatoms. The Morgan fingerprint density at radius 1 is 1.44 bits per heavy atom. The highest BCUT2D eigenvalue weighted by Gasteiger charge is 2.33. The van der Waals surface area contributed by atoms with E-state index in [0.29, 0.717) is 0 Å². The first-order valence-corrected chi connectivity index (χ1v) is 5.32. The average molecular weight is 291 g/mol. The Balaban J connectivity index is 3.38. The van der Waals surface area contributed by atoms with Crippen LogP contribution in [0.1, 0.15) is 11.1 Å². The maximum absolute atomic E-state index is 12.6. The number of hydrogen-bond acceptors (Lipinski definition) is 2. The van der Waals surface area contributed by atoms with E-state index < -0.39 is 16.8 Å². The summed E-state index contributed by atoms with van der Waals surface area (Å²) in [5, 5.41) is 8.41. The summed E-state index contributed by atoms with van der Waals surface area (Å²) in [4.78, 5) is -0.0879. The molecule has 0 saturated heterocycles. The molecule has 1 aromatic rings. The van der Waals surface area contributed by atoms with Crippen molar-refractivity contribution in [3.05, 3.63) is 40.4 Å². The highest BCUT2D eigenvalue weighted by atomic mass is 35.5. The Morgan fingerprint density at radius 3 is 2.50 bits per heavy atom. The number of thiocarbonyl (C=S) groups is 1. The number of benzene rings is 1. The fourth-order valence-corrected chi connectivity index (χ4v) is 1.58. The van der Waals surface area contributed by atoms with E-state index in [4.69, 9.17) is 22.6 Å². The lowest BCUT2D eigenvalue weighted by molar-refractivity contribution is -0.137. The van der Waals surface area contributed by atoms with Crippen molar-refractivity contribution in [3.63, 3.8) is 0 Å². The van der Waals surface area contributed by atoms with Gasteiger partial charge in [-0.25, -0.2) is 0 Å². The van der Waals surface area contributed by atoms with E-state index in [1.54, 1.807) is 6.07 Å². The van der Waals surface area contributed by atoms with Gasteiger partial charge in [0, 0.05) is 0 Å². The molecule has 0 aliphatic heterocycles. The molecule has 0 aliphatic carbocycles. The third-order valence-corrected chi connectivity index (χ3v) is 2.44. The van der Waals surface area contributed by atoms with Crippen LogP contribution in [0.25, 0.3) is 5.57 Å². The monoisotopic (exact) mass is 290 g/mol. The van der Waals surface area contributed by atoms with Gasteiger partial charge in [0.05, 0.1) is 27.2 Å². The second-order valence-corrected chi connectivity index (χ2v) is 4.14. The molecule has 0 aliphatic rings. The smallest absolute Gasteiger partial charge is 0.390 e. The van der Waals surface area contributed by atoms with Crippen LogP contribution in [0.15, 0.2) is 24.3 Å². The minimum absolute atomic E-state index is 0.0512. The molecule has 0 bridgehead atoms. The van der Waals surface area contributed by atoms with Gasteiger partial charge in [-0.3, -0.25) is 0 Å². The first-order valence-electron chi connectivity index (χ1n) is 4.54. The second-order valence-electron chi connectivity index (χ2n) is 3.26. The maximum atomic E-state index is 12.6. The van der Waals surface area contributed by atoms with E-state index in [0.717, 1.165) is 18.2 Å². The van der Waals surface area contributed by atoms with Crippen molar-refractivity contribution < 1.29 is 13.2 Å². The molecule has 0 radical (unpaired) electrons. The average Bonchev–Trinajstić information content (AvgIpc) is 2.25. The molecular weight excluding hydrogens is 285 g/mol. The van der Waals surface area contributed by atoms with Crippen LogP contribution in [0.5, 0.6) is 0 Å². The topological polar surface area (TPSA) is 49.8 Å². The first-order chi connectivity index (χ1) is 8.25. The van der Waals surface area contributed by atoms with Crippen molar-refractivity contribution in [2.45, 2.75) is 6.18 Å². The predicted octanol–water partition coefficient (Wildman–Crippen LogP) is 3.55. The molecule has 94 valence electrons. The van der Waals surface area contributed by atoms with Crippen LogP contribution in [-0.4, -0.2) is 4.99 Å². The van der Waals surface area contributed by atoms with Gasteiger partial charge < -0.3 is 5.73 Å². The van der Waals surface area contributed by atoms with E-state index in [1.165, 1.54) is 6.07 Å². The van der Waals surface area contributed by atoms with Crippen LogP contribution in [0, 0.1) is 11.3 Å². The van der Waals surface area contributed by atoms with Crippen molar-refractivity contribution in [2.75, 3.05) is 0 Å². The summed E-state index contributed by atoms with van der Waals surface area (Å²) in [5.74, 6) is 0. The van der Waals surface area contributed by atoms with Crippen LogP contribution < -0.4 is 5.73 Å². The zero-order valence-corrected chi connectivity index (χ0v) is 10.3. The summed E-state index contributed by atoms with van der Waals surface area (Å²) < 4.78 is 37.9. The summed E-state index contributed by atoms with van der Waals surface area (Å²) in [6.45, 7) is 0. The van der Waals surface area contributed by atoms with Crippen LogP contribution >= 0.6 is 23.8 Å². The van der Waals surface area contributed by atoms with Crippen molar-refractivity contribution in [3.8, 4) is 6.07 Å². The largest absolute Gasteiger partial charge is 0.417 e. The molecule has 0 fully saturated rings. The standard InChI is InChI=1S/C11H6ClF3N2S/c12-9-2-1-6(3-8(9)11(13,14)15)7(5-16)4-10(17)18/h1-4H,(H2,17,18). The van der Waals surface area contributed by atoms with E-state index in [2.05, 4.69) is 12.2 Å². The highest BCUT2D eigenvalue weighted by molar-refractivity contribution is 7.80. The number of alkyl halides is 3. The summed E-state index contributed by atoms with van der Waals surface area (Å²) >= 11 is 10.0. The van der Waals surface area contributed by atoms with Crippen LogP contribution in [0.3, 0.4) is 0 Å². The van der Waals surface area contributed by atoms with Gasteiger partial charge in [-0.05, 0) is 23.8 Å². The molecule has 0 aromatic heterocycles. The Labute approximate surface area is 111 Å². The number of allylic oxidation sites excluding steroid dienone is 1. The SMILES string of the molecule is N#CC(=CC(N)=S)c1ccc(Cl)c(C(F)(F)F)c1. The maximum Gasteiger partial charge on any atom is 0.417 e. The van der Waals surface area contributed by atoms with Gasteiger partial charge in [-0.1, -0.05) is 29.9 Å². The minimum Gasteiger partial charge on any atom is -0.390 e. The zero-order chi connectivity index (χ0) is 13.9. The lowest BCUT2D eigenvalue weighted by atomic mass is 10.0. The summed E-state index contributed by atoms with van der Waals surface area (Å²) in [6, 6.07) is 4.89.